The molecule has 0 radical (unpaired) electrons. The van der Waals surface area contributed by atoms with Gasteiger partial charge in [-0.1, -0.05) is 18.2 Å². The second kappa shape index (κ2) is 5.85. The molecule has 0 spiro atoms. The van der Waals surface area contributed by atoms with E-state index >= 15 is 0 Å². The van der Waals surface area contributed by atoms with Gasteiger partial charge in [-0.2, -0.15) is 15.0 Å². The van der Waals surface area contributed by atoms with Crippen LogP contribution >= 0.6 is 11.6 Å². The average Bonchev–Trinajstić information content (AvgIpc) is 2.69. The number of fused-ring (bicyclic) bond motifs is 1. The summed E-state index contributed by atoms with van der Waals surface area (Å²) in [5, 5.41) is 0.227. The Labute approximate surface area is 129 Å². The molecule has 0 amide bonds. The Morgan fingerprint density at radius 1 is 1.10 bits per heavy atom. The molecule has 0 unspecified atom stereocenters. The fourth-order valence-electron chi connectivity index (χ4n) is 2.55. The van der Waals surface area contributed by atoms with E-state index in [4.69, 9.17) is 11.6 Å². The standard InChI is InChI=1S/C15H18ClN5/c1-20(2)14-17-13(16)18-15(19-14)21-10-6-5-8-11-7-3-4-9-12(11)21/h3-4,7,9H,5-6,8,10H2,1-2H3. The van der Waals surface area contributed by atoms with E-state index in [2.05, 4.69) is 38.1 Å². The van der Waals surface area contributed by atoms with E-state index in [9.17, 15) is 0 Å². The molecular weight excluding hydrogens is 286 g/mol. The minimum atomic E-state index is 0.227. The van der Waals surface area contributed by atoms with Gasteiger partial charge in [-0.25, -0.2) is 0 Å². The van der Waals surface area contributed by atoms with E-state index < -0.39 is 0 Å². The summed E-state index contributed by atoms with van der Waals surface area (Å²) in [6.07, 6.45) is 3.37. The van der Waals surface area contributed by atoms with Gasteiger partial charge in [0.05, 0.1) is 0 Å². The maximum atomic E-state index is 6.07. The Balaban J connectivity index is 2.07. The van der Waals surface area contributed by atoms with Crippen LogP contribution in [0.3, 0.4) is 0 Å². The Morgan fingerprint density at radius 2 is 1.90 bits per heavy atom. The predicted molar refractivity (Wildman–Crippen MR) is 85.6 cm³/mol. The highest BCUT2D eigenvalue weighted by Gasteiger charge is 2.20. The van der Waals surface area contributed by atoms with E-state index in [1.807, 2.05) is 25.1 Å². The predicted octanol–water partition coefficient (Wildman–Crippen LogP) is 3.07. The van der Waals surface area contributed by atoms with Crippen molar-refractivity contribution in [3.05, 3.63) is 35.1 Å². The number of aryl methyl sites for hydroxylation is 1. The number of hydrogen-bond donors (Lipinski definition) is 0. The maximum Gasteiger partial charge on any atom is 0.236 e. The van der Waals surface area contributed by atoms with Crippen molar-refractivity contribution in [3.8, 4) is 0 Å². The molecule has 0 saturated heterocycles. The molecule has 0 aliphatic carbocycles. The van der Waals surface area contributed by atoms with Crippen LogP contribution in [0.2, 0.25) is 5.28 Å². The van der Waals surface area contributed by atoms with Gasteiger partial charge in [0.2, 0.25) is 17.2 Å². The summed E-state index contributed by atoms with van der Waals surface area (Å²) in [5.41, 5.74) is 2.50. The maximum absolute atomic E-state index is 6.07. The van der Waals surface area contributed by atoms with Crippen LogP contribution < -0.4 is 9.80 Å². The topological polar surface area (TPSA) is 45.2 Å². The fourth-order valence-corrected chi connectivity index (χ4v) is 2.70. The second-order valence-electron chi connectivity index (χ2n) is 5.34. The number of rotatable bonds is 2. The number of para-hydroxylation sites is 1. The summed E-state index contributed by atoms with van der Waals surface area (Å²) >= 11 is 6.07. The smallest absolute Gasteiger partial charge is 0.236 e. The number of hydrogen-bond acceptors (Lipinski definition) is 5. The van der Waals surface area contributed by atoms with Crippen molar-refractivity contribution in [1.82, 2.24) is 15.0 Å². The van der Waals surface area contributed by atoms with Gasteiger partial charge in [0, 0.05) is 26.3 Å². The molecule has 2 aromatic rings. The Kier molecular flexibility index (Phi) is 3.92. The first kappa shape index (κ1) is 14.1. The fraction of sp³-hybridized carbons (Fsp3) is 0.400. The third-order valence-electron chi connectivity index (χ3n) is 3.59. The Bertz CT molecular complexity index is 644. The highest BCUT2D eigenvalue weighted by Crippen LogP contribution is 2.31. The zero-order valence-electron chi connectivity index (χ0n) is 12.3. The van der Waals surface area contributed by atoms with Gasteiger partial charge in [0.1, 0.15) is 0 Å². The van der Waals surface area contributed by atoms with Gasteiger partial charge in [0.25, 0.3) is 0 Å². The molecule has 2 heterocycles. The van der Waals surface area contributed by atoms with Crippen LogP contribution in [0.1, 0.15) is 18.4 Å². The van der Waals surface area contributed by atoms with Crippen molar-refractivity contribution in [3.63, 3.8) is 0 Å². The van der Waals surface area contributed by atoms with Crippen molar-refractivity contribution < 1.29 is 0 Å². The molecule has 1 aliphatic rings. The van der Waals surface area contributed by atoms with E-state index in [1.54, 1.807) is 0 Å². The lowest BCUT2D eigenvalue weighted by atomic mass is 10.1. The molecule has 0 bridgehead atoms. The first-order chi connectivity index (χ1) is 10.1. The van der Waals surface area contributed by atoms with Crippen LogP contribution in [0, 0.1) is 0 Å². The van der Waals surface area contributed by atoms with E-state index in [-0.39, 0.29) is 5.28 Å². The zero-order valence-corrected chi connectivity index (χ0v) is 13.0. The SMILES string of the molecule is CN(C)c1nc(Cl)nc(N2CCCCc3ccccc32)n1. The molecule has 1 aromatic carbocycles. The lowest BCUT2D eigenvalue weighted by Crippen LogP contribution is -2.23. The minimum Gasteiger partial charge on any atom is -0.347 e. The second-order valence-corrected chi connectivity index (χ2v) is 5.67. The molecule has 0 saturated carbocycles. The third kappa shape index (κ3) is 2.93. The third-order valence-corrected chi connectivity index (χ3v) is 3.76. The van der Waals surface area contributed by atoms with Crippen molar-refractivity contribution in [2.45, 2.75) is 19.3 Å². The summed E-state index contributed by atoms with van der Waals surface area (Å²) in [5.74, 6) is 1.19. The lowest BCUT2D eigenvalue weighted by Gasteiger charge is -2.23. The quantitative estimate of drug-likeness (QED) is 0.853. The number of halogens is 1. The van der Waals surface area contributed by atoms with Crippen LogP contribution in [0.5, 0.6) is 0 Å². The van der Waals surface area contributed by atoms with E-state index in [0.717, 1.165) is 19.4 Å². The van der Waals surface area contributed by atoms with E-state index in [1.165, 1.54) is 17.7 Å². The summed E-state index contributed by atoms with van der Waals surface area (Å²) in [6, 6.07) is 8.41. The molecule has 21 heavy (non-hydrogen) atoms. The largest absolute Gasteiger partial charge is 0.347 e. The van der Waals surface area contributed by atoms with Crippen LogP contribution in [0.4, 0.5) is 17.6 Å². The number of nitrogens with zero attached hydrogens (tertiary/aromatic N) is 5. The first-order valence-electron chi connectivity index (χ1n) is 7.09. The monoisotopic (exact) mass is 303 g/mol. The van der Waals surface area contributed by atoms with Crippen LogP contribution in [0.15, 0.2) is 24.3 Å². The highest BCUT2D eigenvalue weighted by molar-refractivity contribution is 6.28. The van der Waals surface area contributed by atoms with Crippen molar-refractivity contribution in [2.75, 3.05) is 30.4 Å². The first-order valence-corrected chi connectivity index (χ1v) is 7.47. The summed E-state index contributed by atoms with van der Waals surface area (Å²) in [4.78, 5) is 17.0. The van der Waals surface area contributed by atoms with Crippen molar-refractivity contribution in [2.24, 2.45) is 0 Å². The van der Waals surface area contributed by atoms with Gasteiger partial charge in [-0.05, 0) is 42.5 Å². The van der Waals surface area contributed by atoms with Crippen molar-refractivity contribution >= 4 is 29.2 Å². The molecule has 1 aromatic heterocycles. The van der Waals surface area contributed by atoms with Crippen molar-refractivity contribution in [1.29, 1.82) is 0 Å². The molecule has 0 fully saturated rings. The summed E-state index contributed by atoms with van der Waals surface area (Å²) in [6.45, 7) is 0.893. The average molecular weight is 304 g/mol. The summed E-state index contributed by atoms with van der Waals surface area (Å²) < 4.78 is 0. The molecule has 1 aliphatic heterocycles. The molecule has 110 valence electrons. The number of aromatic nitrogens is 3. The molecule has 3 rings (SSSR count). The minimum absolute atomic E-state index is 0.227. The van der Waals surface area contributed by atoms with E-state index in [0.29, 0.717) is 11.9 Å². The molecular formula is C15H18ClN5. The highest BCUT2D eigenvalue weighted by atomic mass is 35.5. The molecule has 5 nitrogen and oxygen atoms in total. The normalized spacial score (nSPS) is 14.5. The van der Waals surface area contributed by atoms with Gasteiger partial charge in [-0.3, -0.25) is 0 Å². The molecule has 0 N–H and O–H groups in total. The Morgan fingerprint density at radius 3 is 2.71 bits per heavy atom. The zero-order chi connectivity index (χ0) is 14.8. The summed E-state index contributed by atoms with van der Waals surface area (Å²) in [7, 11) is 3.79. The molecule has 6 heteroatoms. The van der Waals surface area contributed by atoms with Crippen LogP contribution in [-0.4, -0.2) is 35.6 Å². The number of anilines is 3. The van der Waals surface area contributed by atoms with Gasteiger partial charge in [-0.15, -0.1) is 0 Å². The van der Waals surface area contributed by atoms with Gasteiger partial charge >= 0.3 is 0 Å². The van der Waals surface area contributed by atoms with Crippen LogP contribution in [-0.2, 0) is 6.42 Å². The number of benzene rings is 1. The van der Waals surface area contributed by atoms with Crippen LogP contribution in [0.25, 0.3) is 0 Å². The van der Waals surface area contributed by atoms with Gasteiger partial charge < -0.3 is 9.80 Å². The lowest BCUT2D eigenvalue weighted by molar-refractivity contribution is 0.750. The molecule has 0 atom stereocenters. The van der Waals surface area contributed by atoms with Gasteiger partial charge in [0.15, 0.2) is 0 Å². The Hall–Kier alpha value is -1.88.